The first-order valence-electron chi connectivity index (χ1n) is 9.10. The Bertz CT molecular complexity index is 585. The number of phenols is 1. The van der Waals surface area contributed by atoms with Crippen LogP contribution >= 0.6 is 0 Å². The standard InChI is InChI=1S/C21H33NO2/c1-13-9-8-10-17(13)22-19(24)14-11-15(20(2,3)4)18(23)16(12-14)21(5,6)7/h11-13,17,23H,8-10H2,1-7H3,(H,22,24). The molecule has 3 heteroatoms. The summed E-state index contributed by atoms with van der Waals surface area (Å²) in [5, 5.41) is 14.0. The third-order valence-corrected chi connectivity index (χ3v) is 5.17. The maximum atomic E-state index is 12.8. The Labute approximate surface area is 146 Å². The fourth-order valence-electron chi connectivity index (χ4n) is 3.52. The highest BCUT2D eigenvalue weighted by Crippen LogP contribution is 2.39. The second-order valence-corrected chi connectivity index (χ2v) is 9.41. The predicted molar refractivity (Wildman–Crippen MR) is 99.8 cm³/mol. The van der Waals surface area contributed by atoms with E-state index in [9.17, 15) is 9.90 Å². The molecule has 2 atom stereocenters. The molecule has 0 heterocycles. The molecular formula is C21H33NO2. The number of amides is 1. The van der Waals surface area contributed by atoms with Gasteiger partial charge in [-0.25, -0.2) is 0 Å². The van der Waals surface area contributed by atoms with Crippen LogP contribution in [0.4, 0.5) is 0 Å². The van der Waals surface area contributed by atoms with E-state index in [1.54, 1.807) is 0 Å². The number of nitrogens with one attached hydrogen (secondary N) is 1. The summed E-state index contributed by atoms with van der Waals surface area (Å²) < 4.78 is 0. The SMILES string of the molecule is CC1CCCC1NC(=O)c1cc(C(C)(C)C)c(O)c(C(C)(C)C)c1. The lowest BCUT2D eigenvalue weighted by Crippen LogP contribution is -2.36. The normalized spacial score (nSPS) is 21.8. The van der Waals surface area contributed by atoms with E-state index in [1.165, 1.54) is 12.8 Å². The molecule has 24 heavy (non-hydrogen) atoms. The van der Waals surface area contributed by atoms with Crippen molar-refractivity contribution in [2.75, 3.05) is 0 Å². The summed E-state index contributed by atoms with van der Waals surface area (Å²) in [7, 11) is 0. The zero-order valence-electron chi connectivity index (χ0n) is 16.3. The van der Waals surface area contributed by atoms with Gasteiger partial charge in [0.25, 0.3) is 5.91 Å². The average Bonchev–Trinajstić information content (AvgIpc) is 2.81. The van der Waals surface area contributed by atoms with E-state index in [4.69, 9.17) is 0 Å². The molecule has 3 nitrogen and oxygen atoms in total. The Morgan fingerprint density at radius 2 is 1.54 bits per heavy atom. The van der Waals surface area contributed by atoms with Crippen molar-refractivity contribution in [1.29, 1.82) is 0 Å². The zero-order chi connectivity index (χ0) is 18.3. The highest BCUT2D eigenvalue weighted by atomic mass is 16.3. The fraction of sp³-hybridized carbons (Fsp3) is 0.667. The highest BCUT2D eigenvalue weighted by Gasteiger charge is 2.29. The quantitative estimate of drug-likeness (QED) is 0.809. The lowest BCUT2D eigenvalue weighted by molar-refractivity contribution is 0.0929. The summed E-state index contributed by atoms with van der Waals surface area (Å²) in [5.41, 5.74) is 1.88. The number of rotatable bonds is 2. The second kappa shape index (κ2) is 6.42. The Morgan fingerprint density at radius 3 is 1.92 bits per heavy atom. The molecule has 1 aromatic rings. The van der Waals surface area contributed by atoms with Crippen molar-refractivity contribution in [2.24, 2.45) is 5.92 Å². The van der Waals surface area contributed by atoms with Gasteiger partial charge < -0.3 is 10.4 Å². The molecule has 1 fully saturated rings. The third kappa shape index (κ3) is 3.93. The monoisotopic (exact) mass is 331 g/mol. The average molecular weight is 332 g/mol. The largest absolute Gasteiger partial charge is 0.507 e. The van der Waals surface area contributed by atoms with Gasteiger partial charge in [0.1, 0.15) is 5.75 Å². The molecule has 0 bridgehead atoms. The maximum absolute atomic E-state index is 12.8. The Kier molecular flexibility index (Phi) is 5.03. The molecule has 2 N–H and O–H groups in total. The lowest BCUT2D eigenvalue weighted by Gasteiger charge is -2.28. The Balaban J connectivity index is 2.44. The first kappa shape index (κ1) is 18.8. The fourth-order valence-corrected chi connectivity index (χ4v) is 3.52. The Morgan fingerprint density at radius 1 is 1.04 bits per heavy atom. The molecule has 1 saturated carbocycles. The molecule has 0 aromatic heterocycles. The number of carbonyl (C=O) groups is 1. The first-order valence-corrected chi connectivity index (χ1v) is 9.10. The van der Waals surface area contributed by atoms with Crippen LogP contribution in [-0.4, -0.2) is 17.1 Å². The summed E-state index contributed by atoms with van der Waals surface area (Å²) in [4.78, 5) is 12.8. The molecule has 0 aliphatic heterocycles. The van der Waals surface area contributed by atoms with Crippen LogP contribution in [0.1, 0.15) is 89.2 Å². The minimum atomic E-state index is -0.221. The molecule has 0 radical (unpaired) electrons. The Hall–Kier alpha value is -1.51. The summed E-state index contributed by atoms with van der Waals surface area (Å²) in [6.07, 6.45) is 3.42. The second-order valence-electron chi connectivity index (χ2n) is 9.41. The van der Waals surface area contributed by atoms with E-state index in [2.05, 4.69) is 53.8 Å². The van der Waals surface area contributed by atoms with Crippen LogP contribution in [-0.2, 0) is 10.8 Å². The van der Waals surface area contributed by atoms with Gasteiger partial charge in [0.2, 0.25) is 0 Å². The van der Waals surface area contributed by atoms with Gasteiger partial charge in [0.15, 0.2) is 0 Å². The van der Waals surface area contributed by atoms with Crippen LogP contribution in [0.25, 0.3) is 0 Å². The van der Waals surface area contributed by atoms with Crippen LogP contribution < -0.4 is 5.32 Å². The number of carbonyl (C=O) groups excluding carboxylic acids is 1. The first-order chi connectivity index (χ1) is 10.9. The molecule has 2 rings (SSSR count). The number of phenolic OH excluding ortho intramolecular Hbond substituents is 1. The van der Waals surface area contributed by atoms with Gasteiger partial charge >= 0.3 is 0 Å². The van der Waals surface area contributed by atoms with Crippen LogP contribution in [0, 0.1) is 5.92 Å². The van der Waals surface area contributed by atoms with Crippen LogP contribution in [0.2, 0.25) is 0 Å². The van der Waals surface area contributed by atoms with E-state index in [0.717, 1.165) is 17.5 Å². The van der Waals surface area contributed by atoms with Crippen LogP contribution in [0.15, 0.2) is 12.1 Å². The van der Waals surface area contributed by atoms with Crippen molar-refractivity contribution in [3.05, 3.63) is 28.8 Å². The molecule has 134 valence electrons. The molecule has 1 aromatic carbocycles. The van der Waals surface area contributed by atoms with Crippen molar-refractivity contribution in [2.45, 2.75) is 84.6 Å². The molecule has 1 aliphatic rings. The zero-order valence-corrected chi connectivity index (χ0v) is 16.3. The van der Waals surface area contributed by atoms with Crippen molar-refractivity contribution in [3.8, 4) is 5.75 Å². The molecular weight excluding hydrogens is 298 g/mol. The number of benzene rings is 1. The van der Waals surface area contributed by atoms with Gasteiger partial charge in [-0.05, 0) is 41.7 Å². The minimum absolute atomic E-state index is 0.0234. The number of hydrogen-bond acceptors (Lipinski definition) is 2. The van der Waals surface area contributed by atoms with Gasteiger partial charge in [0.05, 0.1) is 0 Å². The van der Waals surface area contributed by atoms with E-state index in [0.29, 0.717) is 17.2 Å². The lowest BCUT2D eigenvalue weighted by atomic mass is 9.78. The third-order valence-electron chi connectivity index (χ3n) is 5.17. The molecule has 2 unspecified atom stereocenters. The van der Waals surface area contributed by atoms with Gasteiger partial charge in [0, 0.05) is 22.7 Å². The molecule has 1 aliphatic carbocycles. The van der Waals surface area contributed by atoms with E-state index in [1.807, 2.05) is 12.1 Å². The summed E-state index contributed by atoms with van der Waals surface area (Å²) >= 11 is 0. The van der Waals surface area contributed by atoms with Crippen molar-refractivity contribution in [3.63, 3.8) is 0 Å². The molecule has 1 amide bonds. The summed E-state index contributed by atoms with van der Waals surface area (Å²) in [6, 6.07) is 3.99. The molecule has 0 spiro atoms. The van der Waals surface area contributed by atoms with Crippen molar-refractivity contribution in [1.82, 2.24) is 5.32 Å². The number of hydrogen-bond donors (Lipinski definition) is 2. The van der Waals surface area contributed by atoms with Gasteiger partial charge in [-0.1, -0.05) is 54.9 Å². The van der Waals surface area contributed by atoms with Gasteiger partial charge in [-0.2, -0.15) is 0 Å². The van der Waals surface area contributed by atoms with E-state index in [-0.39, 0.29) is 22.8 Å². The minimum Gasteiger partial charge on any atom is -0.507 e. The number of aromatic hydroxyl groups is 1. The van der Waals surface area contributed by atoms with E-state index >= 15 is 0 Å². The topological polar surface area (TPSA) is 49.3 Å². The smallest absolute Gasteiger partial charge is 0.251 e. The highest BCUT2D eigenvalue weighted by molar-refractivity contribution is 5.95. The van der Waals surface area contributed by atoms with Crippen molar-refractivity contribution >= 4 is 5.91 Å². The molecule has 0 saturated heterocycles. The predicted octanol–water partition coefficient (Wildman–Crippen LogP) is 4.91. The summed E-state index contributed by atoms with van der Waals surface area (Å²) in [6.45, 7) is 14.6. The van der Waals surface area contributed by atoms with Gasteiger partial charge in [-0.3, -0.25) is 4.79 Å². The van der Waals surface area contributed by atoms with Crippen molar-refractivity contribution < 1.29 is 9.90 Å². The summed E-state index contributed by atoms with van der Waals surface area (Å²) in [5.74, 6) is 0.834. The maximum Gasteiger partial charge on any atom is 0.251 e. The van der Waals surface area contributed by atoms with Gasteiger partial charge in [-0.15, -0.1) is 0 Å². The van der Waals surface area contributed by atoms with E-state index < -0.39 is 0 Å². The van der Waals surface area contributed by atoms with Crippen LogP contribution in [0.3, 0.4) is 0 Å². The van der Waals surface area contributed by atoms with Crippen LogP contribution in [0.5, 0.6) is 5.75 Å².